The molecular weight excluding hydrogens is 212 g/mol. The van der Waals surface area contributed by atoms with E-state index in [1.807, 2.05) is 0 Å². The summed E-state index contributed by atoms with van der Waals surface area (Å²) in [6.07, 6.45) is 5.07. The highest BCUT2D eigenvalue weighted by molar-refractivity contribution is 4.91. The van der Waals surface area contributed by atoms with Crippen LogP contribution in [0.3, 0.4) is 0 Å². The summed E-state index contributed by atoms with van der Waals surface area (Å²) in [5.74, 6) is 0. The standard InChI is InChI=1S/C14H28N2O/c1-14(2)7-4-8-15-13(14)11-16(3)12-5-9-17-10-6-12/h12-13,15H,4-11H2,1-3H3. The third kappa shape index (κ3) is 3.43. The van der Waals surface area contributed by atoms with Gasteiger partial charge in [0.2, 0.25) is 0 Å². The highest BCUT2D eigenvalue weighted by atomic mass is 16.5. The predicted octanol–water partition coefficient (Wildman–Crippen LogP) is 1.88. The quantitative estimate of drug-likeness (QED) is 0.815. The van der Waals surface area contributed by atoms with Crippen LogP contribution in [-0.4, -0.2) is 50.3 Å². The first-order valence-electron chi connectivity index (χ1n) is 7.11. The van der Waals surface area contributed by atoms with Gasteiger partial charge >= 0.3 is 0 Å². The normalized spacial score (nSPS) is 30.7. The van der Waals surface area contributed by atoms with Crippen LogP contribution >= 0.6 is 0 Å². The molecule has 0 radical (unpaired) electrons. The van der Waals surface area contributed by atoms with Crippen molar-refractivity contribution in [1.29, 1.82) is 0 Å². The van der Waals surface area contributed by atoms with Gasteiger partial charge in [-0.15, -0.1) is 0 Å². The van der Waals surface area contributed by atoms with Gasteiger partial charge in [-0.05, 0) is 44.7 Å². The molecular formula is C14H28N2O. The van der Waals surface area contributed by atoms with Gasteiger partial charge < -0.3 is 15.0 Å². The molecule has 0 bridgehead atoms. The van der Waals surface area contributed by atoms with E-state index in [4.69, 9.17) is 4.74 Å². The number of rotatable bonds is 3. The molecule has 2 aliphatic heterocycles. The van der Waals surface area contributed by atoms with Gasteiger partial charge in [0.1, 0.15) is 0 Å². The Labute approximate surface area is 106 Å². The lowest BCUT2D eigenvalue weighted by Gasteiger charge is -2.43. The van der Waals surface area contributed by atoms with Gasteiger partial charge in [0.05, 0.1) is 0 Å². The number of piperidine rings is 1. The minimum atomic E-state index is 0.442. The van der Waals surface area contributed by atoms with Gasteiger partial charge in [0, 0.05) is 31.8 Å². The van der Waals surface area contributed by atoms with Crippen molar-refractivity contribution in [1.82, 2.24) is 10.2 Å². The Hall–Kier alpha value is -0.120. The number of ether oxygens (including phenoxy) is 1. The zero-order chi connectivity index (χ0) is 12.3. The molecule has 2 heterocycles. The SMILES string of the molecule is CN(CC1NCCCC1(C)C)C1CCOCC1. The Morgan fingerprint density at radius 3 is 2.65 bits per heavy atom. The zero-order valence-electron chi connectivity index (χ0n) is 11.7. The lowest BCUT2D eigenvalue weighted by atomic mass is 9.77. The number of hydrogen-bond acceptors (Lipinski definition) is 3. The summed E-state index contributed by atoms with van der Waals surface area (Å²) in [7, 11) is 2.28. The van der Waals surface area contributed by atoms with Crippen LogP contribution in [0.15, 0.2) is 0 Å². The molecule has 2 aliphatic rings. The number of hydrogen-bond donors (Lipinski definition) is 1. The fourth-order valence-electron chi connectivity index (χ4n) is 3.15. The van der Waals surface area contributed by atoms with Gasteiger partial charge in [-0.2, -0.15) is 0 Å². The van der Waals surface area contributed by atoms with Crippen LogP contribution in [0.5, 0.6) is 0 Å². The van der Waals surface area contributed by atoms with Crippen molar-refractivity contribution in [2.24, 2.45) is 5.41 Å². The maximum atomic E-state index is 5.44. The second kappa shape index (κ2) is 5.68. The zero-order valence-corrected chi connectivity index (χ0v) is 11.7. The summed E-state index contributed by atoms with van der Waals surface area (Å²) in [6, 6.07) is 1.37. The van der Waals surface area contributed by atoms with Crippen molar-refractivity contribution in [3.63, 3.8) is 0 Å². The van der Waals surface area contributed by atoms with Crippen LogP contribution in [0, 0.1) is 5.41 Å². The molecule has 2 saturated heterocycles. The van der Waals surface area contributed by atoms with Crippen molar-refractivity contribution < 1.29 is 4.74 Å². The summed E-state index contributed by atoms with van der Waals surface area (Å²) in [6.45, 7) is 9.06. The largest absolute Gasteiger partial charge is 0.381 e. The average molecular weight is 240 g/mol. The molecule has 3 nitrogen and oxygen atoms in total. The average Bonchev–Trinajstić information content (AvgIpc) is 2.33. The molecule has 0 aliphatic carbocycles. The minimum absolute atomic E-state index is 0.442. The highest BCUT2D eigenvalue weighted by Crippen LogP contribution is 2.31. The van der Waals surface area contributed by atoms with E-state index in [2.05, 4.69) is 31.1 Å². The Morgan fingerprint density at radius 1 is 1.29 bits per heavy atom. The maximum Gasteiger partial charge on any atom is 0.0480 e. The molecule has 0 aromatic carbocycles. The minimum Gasteiger partial charge on any atom is -0.381 e. The first-order valence-corrected chi connectivity index (χ1v) is 7.11. The fraction of sp³-hybridized carbons (Fsp3) is 1.00. The van der Waals surface area contributed by atoms with Crippen LogP contribution in [0.4, 0.5) is 0 Å². The van der Waals surface area contributed by atoms with E-state index in [0.717, 1.165) is 19.3 Å². The van der Waals surface area contributed by atoms with Gasteiger partial charge in [0.15, 0.2) is 0 Å². The molecule has 0 spiro atoms. The molecule has 100 valence electrons. The molecule has 17 heavy (non-hydrogen) atoms. The molecule has 1 atom stereocenters. The van der Waals surface area contributed by atoms with Crippen molar-refractivity contribution in [3.05, 3.63) is 0 Å². The van der Waals surface area contributed by atoms with Crippen LogP contribution in [-0.2, 0) is 4.74 Å². The van der Waals surface area contributed by atoms with Crippen LogP contribution < -0.4 is 5.32 Å². The molecule has 0 aromatic heterocycles. The van der Waals surface area contributed by atoms with Gasteiger partial charge in [-0.1, -0.05) is 13.8 Å². The molecule has 2 fully saturated rings. The molecule has 1 N–H and O–H groups in total. The number of nitrogens with zero attached hydrogens (tertiary/aromatic N) is 1. The summed E-state index contributed by atoms with van der Waals surface area (Å²) in [4.78, 5) is 2.55. The molecule has 0 saturated carbocycles. The summed E-state index contributed by atoms with van der Waals surface area (Å²) in [5.41, 5.74) is 0.442. The second-order valence-corrected chi connectivity index (χ2v) is 6.38. The van der Waals surface area contributed by atoms with E-state index < -0.39 is 0 Å². The monoisotopic (exact) mass is 240 g/mol. The Morgan fingerprint density at radius 2 is 2.00 bits per heavy atom. The maximum absolute atomic E-state index is 5.44. The molecule has 2 rings (SSSR count). The fourth-order valence-corrected chi connectivity index (χ4v) is 3.15. The predicted molar refractivity (Wildman–Crippen MR) is 71.3 cm³/mol. The first-order chi connectivity index (χ1) is 8.09. The first kappa shape index (κ1) is 13.3. The van der Waals surface area contributed by atoms with E-state index >= 15 is 0 Å². The summed E-state index contributed by atoms with van der Waals surface area (Å²) >= 11 is 0. The molecule has 0 aromatic rings. The highest BCUT2D eigenvalue weighted by Gasteiger charge is 2.33. The Kier molecular flexibility index (Phi) is 4.45. The lowest BCUT2D eigenvalue weighted by Crippen LogP contribution is -2.54. The van der Waals surface area contributed by atoms with E-state index in [1.165, 1.54) is 38.8 Å². The van der Waals surface area contributed by atoms with Gasteiger partial charge in [0.25, 0.3) is 0 Å². The van der Waals surface area contributed by atoms with E-state index in [0.29, 0.717) is 11.5 Å². The van der Waals surface area contributed by atoms with Crippen molar-refractivity contribution >= 4 is 0 Å². The van der Waals surface area contributed by atoms with Crippen LogP contribution in [0.25, 0.3) is 0 Å². The third-order valence-corrected chi connectivity index (χ3v) is 4.62. The van der Waals surface area contributed by atoms with Gasteiger partial charge in [-0.3, -0.25) is 0 Å². The molecule has 3 heteroatoms. The molecule has 0 amide bonds. The molecule has 1 unspecified atom stereocenters. The summed E-state index contributed by atoms with van der Waals surface area (Å²) < 4.78 is 5.44. The lowest BCUT2D eigenvalue weighted by molar-refractivity contribution is 0.0306. The number of nitrogens with one attached hydrogen (secondary N) is 1. The topological polar surface area (TPSA) is 24.5 Å². The second-order valence-electron chi connectivity index (χ2n) is 6.38. The van der Waals surface area contributed by atoms with Crippen molar-refractivity contribution in [2.45, 2.75) is 51.6 Å². The van der Waals surface area contributed by atoms with E-state index in [9.17, 15) is 0 Å². The van der Waals surface area contributed by atoms with Crippen LogP contribution in [0.1, 0.15) is 39.5 Å². The van der Waals surface area contributed by atoms with Gasteiger partial charge in [-0.25, -0.2) is 0 Å². The van der Waals surface area contributed by atoms with Crippen molar-refractivity contribution in [3.8, 4) is 0 Å². The van der Waals surface area contributed by atoms with Crippen LogP contribution in [0.2, 0.25) is 0 Å². The van der Waals surface area contributed by atoms with Crippen molar-refractivity contribution in [2.75, 3.05) is 33.4 Å². The van der Waals surface area contributed by atoms with E-state index in [-0.39, 0.29) is 0 Å². The Balaban J connectivity index is 1.85. The summed E-state index contributed by atoms with van der Waals surface area (Å²) in [5, 5.41) is 3.71. The third-order valence-electron chi connectivity index (χ3n) is 4.62. The smallest absolute Gasteiger partial charge is 0.0480 e. The van der Waals surface area contributed by atoms with E-state index in [1.54, 1.807) is 0 Å². The number of likely N-dealkylation sites (N-methyl/N-ethyl adjacent to an activating group) is 1. The Bertz CT molecular complexity index is 236.